The van der Waals surface area contributed by atoms with Gasteiger partial charge in [-0.15, -0.1) is 16.4 Å². The van der Waals surface area contributed by atoms with Crippen LogP contribution in [-0.4, -0.2) is 20.9 Å². The summed E-state index contributed by atoms with van der Waals surface area (Å²) in [5.41, 5.74) is 0.809. The molecule has 0 bridgehead atoms. The molecule has 0 spiro atoms. The molecular weight excluding hydrogens is 236 g/mol. The van der Waals surface area contributed by atoms with Crippen LogP contribution < -0.4 is 5.32 Å². The lowest BCUT2D eigenvalue weighted by Crippen LogP contribution is -2.29. The number of aromatic nitrogens is 3. The molecule has 1 amide bonds. The van der Waals surface area contributed by atoms with Crippen LogP contribution >= 0.6 is 11.3 Å². The molecule has 0 fully saturated rings. The summed E-state index contributed by atoms with van der Waals surface area (Å²) < 4.78 is 1.53. The lowest BCUT2D eigenvalue weighted by molar-refractivity contribution is -0.122. The van der Waals surface area contributed by atoms with Crippen LogP contribution in [0.25, 0.3) is 0 Å². The van der Waals surface area contributed by atoms with Crippen molar-refractivity contribution in [3.63, 3.8) is 0 Å². The standard InChI is InChI=1S/C11H14N4OS/c1-8-6-15(14-13-8)7-11(16)12-9(2)10-4-3-5-17-10/h3-6,9H,7H2,1-2H3,(H,12,16). The van der Waals surface area contributed by atoms with Crippen molar-refractivity contribution in [2.75, 3.05) is 0 Å². The molecule has 1 unspecified atom stereocenters. The van der Waals surface area contributed by atoms with Gasteiger partial charge in [0.2, 0.25) is 5.91 Å². The maximum Gasteiger partial charge on any atom is 0.242 e. The van der Waals surface area contributed by atoms with Crippen molar-refractivity contribution < 1.29 is 4.79 Å². The SMILES string of the molecule is Cc1cn(CC(=O)NC(C)c2cccs2)nn1. The van der Waals surface area contributed by atoms with Gasteiger partial charge >= 0.3 is 0 Å². The third-order valence-corrected chi connectivity index (χ3v) is 3.36. The van der Waals surface area contributed by atoms with Crippen LogP contribution in [0.5, 0.6) is 0 Å². The first-order valence-electron chi connectivity index (χ1n) is 5.34. The fraction of sp³-hybridized carbons (Fsp3) is 0.364. The van der Waals surface area contributed by atoms with E-state index in [2.05, 4.69) is 15.6 Å². The van der Waals surface area contributed by atoms with E-state index in [4.69, 9.17) is 0 Å². The Morgan fingerprint density at radius 2 is 2.47 bits per heavy atom. The Morgan fingerprint density at radius 3 is 3.06 bits per heavy atom. The molecule has 0 saturated carbocycles. The lowest BCUT2D eigenvalue weighted by Gasteiger charge is -2.11. The van der Waals surface area contributed by atoms with Gasteiger partial charge in [-0.05, 0) is 25.3 Å². The van der Waals surface area contributed by atoms with Crippen molar-refractivity contribution in [3.05, 3.63) is 34.3 Å². The first-order chi connectivity index (χ1) is 8.15. The molecule has 5 nitrogen and oxygen atoms in total. The molecule has 0 aliphatic heterocycles. The van der Waals surface area contributed by atoms with E-state index in [1.54, 1.807) is 17.5 Å². The van der Waals surface area contributed by atoms with Gasteiger partial charge in [-0.1, -0.05) is 11.3 Å². The Labute approximate surface area is 103 Å². The Hall–Kier alpha value is -1.69. The molecule has 6 heteroatoms. The van der Waals surface area contributed by atoms with Gasteiger partial charge in [-0.2, -0.15) is 0 Å². The molecule has 0 aliphatic carbocycles. The third kappa shape index (κ3) is 3.13. The Balaban J connectivity index is 1.89. The number of nitrogens with zero attached hydrogens (tertiary/aromatic N) is 3. The number of rotatable bonds is 4. The minimum absolute atomic E-state index is 0.0344. The number of amides is 1. The van der Waals surface area contributed by atoms with Gasteiger partial charge in [0.05, 0.1) is 11.7 Å². The molecule has 2 aromatic heterocycles. The van der Waals surface area contributed by atoms with Gasteiger partial charge in [0.1, 0.15) is 6.54 Å². The van der Waals surface area contributed by atoms with Gasteiger partial charge in [-0.25, -0.2) is 4.68 Å². The maximum atomic E-state index is 11.7. The minimum atomic E-state index is -0.0594. The summed E-state index contributed by atoms with van der Waals surface area (Å²) in [6.45, 7) is 4.02. The van der Waals surface area contributed by atoms with E-state index in [1.807, 2.05) is 31.4 Å². The molecule has 90 valence electrons. The second-order valence-corrected chi connectivity index (χ2v) is 4.84. The van der Waals surface area contributed by atoms with Crippen LogP contribution in [0.2, 0.25) is 0 Å². The number of carbonyl (C=O) groups is 1. The van der Waals surface area contributed by atoms with Gasteiger partial charge < -0.3 is 5.32 Å². The number of hydrogen-bond acceptors (Lipinski definition) is 4. The van der Waals surface area contributed by atoms with E-state index in [1.165, 1.54) is 4.68 Å². The van der Waals surface area contributed by atoms with E-state index in [-0.39, 0.29) is 18.5 Å². The average molecular weight is 250 g/mol. The lowest BCUT2D eigenvalue weighted by atomic mass is 10.3. The Bertz CT molecular complexity index is 491. The Morgan fingerprint density at radius 1 is 1.65 bits per heavy atom. The monoisotopic (exact) mass is 250 g/mol. The summed E-state index contributed by atoms with van der Waals surface area (Å²) in [5.74, 6) is -0.0594. The van der Waals surface area contributed by atoms with Crippen LogP contribution in [0.4, 0.5) is 0 Å². The summed E-state index contributed by atoms with van der Waals surface area (Å²) in [4.78, 5) is 12.9. The molecule has 2 rings (SSSR count). The van der Waals surface area contributed by atoms with Crippen molar-refractivity contribution in [1.82, 2.24) is 20.3 Å². The molecule has 1 N–H and O–H groups in total. The van der Waals surface area contributed by atoms with Crippen molar-refractivity contribution in [2.24, 2.45) is 0 Å². The predicted octanol–water partition coefficient (Wildman–Crippen LogP) is 1.53. The summed E-state index contributed by atoms with van der Waals surface area (Å²) in [7, 11) is 0. The highest BCUT2D eigenvalue weighted by molar-refractivity contribution is 7.10. The number of thiophene rings is 1. The van der Waals surface area contributed by atoms with Gasteiger partial charge in [0, 0.05) is 11.1 Å². The number of hydrogen-bond donors (Lipinski definition) is 1. The first-order valence-corrected chi connectivity index (χ1v) is 6.22. The summed E-state index contributed by atoms with van der Waals surface area (Å²) >= 11 is 1.63. The van der Waals surface area contributed by atoms with Crippen LogP contribution in [0.3, 0.4) is 0 Å². The van der Waals surface area contributed by atoms with Crippen LogP contribution in [0, 0.1) is 6.92 Å². The first kappa shape index (κ1) is 11.8. The van der Waals surface area contributed by atoms with Crippen LogP contribution in [0.1, 0.15) is 23.5 Å². The van der Waals surface area contributed by atoms with E-state index in [0.717, 1.165) is 10.6 Å². The fourth-order valence-corrected chi connectivity index (χ4v) is 2.25. The van der Waals surface area contributed by atoms with E-state index in [0.29, 0.717) is 0 Å². The smallest absolute Gasteiger partial charge is 0.242 e. The topological polar surface area (TPSA) is 59.8 Å². The number of aryl methyl sites for hydroxylation is 1. The van der Waals surface area contributed by atoms with Crippen molar-refractivity contribution in [1.29, 1.82) is 0 Å². The fourth-order valence-electron chi connectivity index (χ4n) is 1.52. The normalized spacial score (nSPS) is 12.4. The molecular formula is C11H14N4OS. The second kappa shape index (κ2) is 5.09. The highest BCUT2D eigenvalue weighted by atomic mass is 32.1. The highest BCUT2D eigenvalue weighted by Crippen LogP contribution is 2.17. The summed E-state index contributed by atoms with van der Waals surface area (Å²) in [5, 5.41) is 12.6. The van der Waals surface area contributed by atoms with E-state index >= 15 is 0 Å². The molecule has 0 radical (unpaired) electrons. The zero-order valence-corrected chi connectivity index (χ0v) is 10.6. The average Bonchev–Trinajstić information content (AvgIpc) is 2.89. The van der Waals surface area contributed by atoms with Gasteiger partial charge in [0.15, 0.2) is 0 Å². The predicted molar refractivity (Wildman–Crippen MR) is 65.6 cm³/mol. The van der Waals surface area contributed by atoms with Gasteiger partial charge in [-0.3, -0.25) is 4.79 Å². The molecule has 0 aromatic carbocycles. The van der Waals surface area contributed by atoms with Crippen LogP contribution in [0.15, 0.2) is 23.7 Å². The number of nitrogens with one attached hydrogen (secondary N) is 1. The van der Waals surface area contributed by atoms with E-state index < -0.39 is 0 Å². The molecule has 17 heavy (non-hydrogen) atoms. The zero-order chi connectivity index (χ0) is 12.3. The number of carbonyl (C=O) groups excluding carboxylic acids is 1. The molecule has 2 heterocycles. The molecule has 0 aliphatic rings. The summed E-state index contributed by atoms with van der Waals surface area (Å²) in [6, 6.07) is 4.02. The zero-order valence-electron chi connectivity index (χ0n) is 9.75. The maximum absolute atomic E-state index is 11.7. The van der Waals surface area contributed by atoms with Crippen molar-refractivity contribution in [2.45, 2.75) is 26.4 Å². The van der Waals surface area contributed by atoms with Crippen molar-refractivity contribution >= 4 is 17.2 Å². The van der Waals surface area contributed by atoms with Crippen LogP contribution in [-0.2, 0) is 11.3 Å². The van der Waals surface area contributed by atoms with Crippen molar-refractivity contribution in [3.8, 4) is 0 Å². The summed E-state index contributed by atoms with van der Waals surface area (Å²) in [6.07, 6.45) is 1.75. The quantitative estimate of drug-likeness (QED) is 0.895. The largest absolute Gasteiger partial charge is 0.347 e. The molecule has 1 atom stereocenters. The van der Waals surface area contributed by atoms with Gasteiger partial charge in [0.25, 0.3) is 0 Å². The molecule has 0 saturated heterocycles. The minimum Gasteiger partial charge on any atom is -0.347 e. The van der Waals surface area contributed by atoms with E-state index in [9.17, 15) is 4.79 Å². The second-order valence-electron chi connectivity index (χ2n) is 3.86. The third-order valence-electron chi connectivity index (χ3n) is 2.31. The molecule has 2 aromatic rings. The Kier molecular flexibility index (Phi) is 3.53. The highest BCUT2D eigenvalue weighted by Gasteiger charge is 2.11.